The van der Waals surface area contributed by atoms with Crippen molar-refractivity contribution in [3.05, 3.63) is 0 Å². The van der Waals surface area contributed by atoms with Gasteiger partial charge in [-0.25, -0.2) is 0 Å². The van der Waals surface area contributed by atoms with Crippen molar-refractivity contribution in [3.63, 3.8) is 0 Å². The van der Waals surface area contributed by atoms with Crippen molar-refractivity contribution < 1.29 is 43.2 Å². The summed E-state index contributed by atoms with van der Waals surface area (Å²) in [5.41, 5.74) is 5.22. The van der Waals surface area contributed by atoms with Crippen molar-refractivity contribution in [2.75, 3.05) is 19.6 Å². The Morgan fingerprint density at radius 1 is 0.585 bits per heavy atom. The lowest BCUT2D eigenvalue weighted by atomic mass is 10.3. The average molecular weight is 593 g/mol. The third-order valence-electron chi connectivity index (χ3n) is 5.76. The van der Waals surface area contributed by atoms with Gasteiger partial charge >= 0.3 is 23.9 Å². The molecule has 0 aliphatic heterocycles. The minimum absolute atomic E-state index is 0.0851. The SMILES string of the molecule is CC(O)CCNCCN.CCC(C)OC(=O)CCC(=O)OC(C)CC.CC[C@H](C)OC(=O)CCC(=O)O[C@@H](C)CC. The van der Waals surface area contributed by atoms with E-state index in [1.807, 2.05) is 55.4 Å². The van der Waals surface area contributed by atoms with Gasteiger partial charge in [0.05, 0.1) is 56.2 Å². The van der Waals surface area contributed by atoms with Crippen LogP contribution >= 0.6 is 0 Å². The van der Waals surface area contributed by atoms with E-state index < -0.39 is 0 Å². The van der Waals surface area contributed by atoms with E-state index in [4.69, 9.17) is 29.8 Å². The highest BCUT2D eigenvalue weighted by Gasteiger charge is 2.14. The fourth-order valence-electron chi connectivity index (χ4n) is 2.41. The highest BCUT2D eigenvalue weighted by Crippen LogP contribution is 2.05. The quantitative estimate of drug-likeness (QED) is 0.112. The Hall–Kier alpha value is -2.24. The van der Waals surface area contributed by atoms with E-state index in [2.05, 4.69) is 5.32 Å². The molecule has 244 valence electrons. The number of hydrogen-bond donors (Lipinski definition) is 3. The van der Waals surface area contributed by atoms with Gasteiger partial charge in [0.2, 0.25) is 0 Å². The number of nitrogens with one attached hydrogen (secondary N) is 1. The first-order chi connectivity index (χ1) is 19.2. The van der Waals surface area contributed by atoms with Crippen molar-refractivity contribution in [1.29, 1.82) is 0 Å². The van der Waals surface area contributed by atoms with Crippen LogP contribution in [0.15, 0.2) is 0 Å². The van der Waals surface area contributed by atoms with Crippen molar-refractivity contribution in [3.8, 4) is 0 Å². The normalized spacial score (nSPS) is 13.9. The third-order valence-corrected chi connectivity index (χ3v) is 5.76. The summed E-state index contributed by atoms with van der Waals surface area (Å²) in [6, 6.07) is 0. The highest BCUT2D eigenvalue weighted by molar-refractivity contribution is 5.78. The van der Waals surface area contributed by atoms with E-state index >= 15 is 0 Å². The Labute approximate surface area is 248 Å². The van der Waals surface area contributed by atoms with Gasteiger partial charge in [0.25, 0.3) is 0 Å². The van der Waals surface area contributed by atoms with E-state index in [9.17, 15) is 19.2 Å². The minimum Gasteiger partial charge on any atom is -0.463 e. The number of ether oxygens (including phenoxy) is 4. The van der Waals surface area contributed by atoms with Crippen molar-refractivity contribution in [2.45, 2.75) is 151 Å². The Kier molecular flexibility index (Phi) is 30.8. The second kappa shape index (κ2) is 29.3. The zero-order valence-corrected chi connectivity index (χ0v) is 27.2. The number of hydrogen-bond acceptors (Lipinski definition) is 11. The molecule has 0 aliphatic rings. The molecular formula is C30H60N2O9. The second-order valence-corrected chi connectivity index (χ2v) is 10.0. The van der Waals surface area contributed by atoms with Gasteiger partial charge in [0, 0.05) is 13.1 Å². The van der Waals surface area contributed by atoms with Gasteiger partial charge < -0.3 is 35.1 Å². The molecule has 0 radical (unpaired) electrons. The van der Waals surface area contributed by atoms with Crippen LogP contribution in [0.25, 0.3) is 0 Å². The van der Waals surface area contributed by atoms with E-state index in [1.165, 1.54) is 0 Å². The van der Waals surface area contributed by atoms with Crippen LogP contribution in [0.3, 0.4) is 0 Å². The van der Waals surface area contributed by atoms with Crippen LogP contribution < -0.4 is 11.1 Å². The number of rotatable bonds is 19. The predicted molar refractivity (Wildman–Crippen MR) is 160 cm³/mol. The summed E-state index contributed by atoms with van der Waals surface area (Å²) in [6.07, 6.45) is 3.78. The molecule has 0 aliphatic carbocycles. The van der Waals surface area contributed by atoms with Crippen molar-refractivity contribution in [2.24, 2.45) is 5.73 Å². The van der Waals surface area contributed by atoms with Crippen LogP contribution in [0, 0.1) is 0 Å². The molecule has 41 heavy (non-hydrogen) atoms. The van der Waals surface area contributed by atoms with Gasteiger partial charge in [-0.05, 0) is 73.3 Å². The second-order valence-electron chi connectivity index (χ2n) is 10.0. The first kappa shape index (κ1) is 43.2. The van der Waals surface area contributed by atoms with Crippen molar-refractivity contribution in [1.82, 2.24) is 5.32 Å². The van der Waals surface area contributed by atoms with E-state index in [1.54, 1.807) is 6.92 Å². The molecule has 3 unspecified atom stereocenters. The van der Waals surface area contributed by atoms with Crippen LogP contribution in [0.5, 0.6) is 0 Å². The summed E-state index contributed by atoms with van der Waals surface area (Å²) >= 11 is 0. The fourth-order valence-corrected chi connectivity index (χ4v) is 2.41. The topological polar surface area (TPSA) is 163 Å². The molecule has 0 spiro atoms. The van der Waals surface area contributed by atoms with Gasteiger partial charge in [0.15, 0.2) is 0 Å². The van der Waals surface area contributed by atoms with Crippen LogP contribution in [0.4, 0.5) is 0 Å². The summed E-state index contributed by atoms with van der Waals surface area (Å²) in [5.74, 6) is -1.35. The van der Waals surface area contributed by atoms with Crippen molar-refractivity contribution >= 4 is 23.9 Å². The molecule has 0 aromatic carbocycles. The monoisotopic (exact) mass is 592 g/mol. The molecule has 0 saturated carbocycles. The maximum atomic E-state index is 11.2. The smallest absolute Gasteiger partial charge is 0.306 e. The lowest BCUT2D eigenvalue weighted by molar-refractivity contribution is -0.155. The third kappa shape index (κ3) is 33.9. The molecule has 0 aromatic heterocycles. The molecule has 0 aromatic rings. The number of nitrogens with two attached hydrogens (primary N) is 1. The molecule has 4 N–H and O–H groups in total. The maximum Gasteiger partial charge on any atom is 0.306 e. The fraction of sp³-hybridized carbons (Fsp3) is 0.867. The minimum atomic E-state index is -0.338. The van der Waals surface area contributed by atoms with Gasteiger partial charge in [0.1, 0.15) is 0 Å². The summed E-state index contributed by atoms with van der Waals surface area (Å²) in [7, 11) is 0. The number of carbonyl (C=O) groups is 4. The van der Waals surface area contributed by atoms with Gasteiger partial charge in [-0.1, -0.05) is 27.7 Å². The van der Waals surface area contributed by atoms with E-state index in [-0.39, 0.29) is 80.1 Å². The highest BCUT2D eigenvalue weighted by atomic mass is 16.6. The average Bonchev–Trinajstić information content (AvgIpc) is 2.93. The lowest BCUT2D eigenvalue weighted by Gasteiger charge is -2.12. The van der Waals surface area contributed by atoms with Crippen LogP contribution in [0.2, 0.25) is 0 Å². The molecule has 0 rings (SSSR count). The zero-order chi connectivity index (χ0) is 32.2. The van der Waals surface area contributed by atoms with Gasteiger partial charge in [-0.2, -0.15) is 0 Å². The standard InChI is InChI=1S/2C12H22O4.C6H16N2O/c2*1-5-9(3)15-11(13)7-8-12(14)16-10(4)6-2;1-6(9)2-4-8-5-3-7/h2*9-10H,5-8H2,1-4H3;6,8-9H,2-5,7H2,1H3/t9-,10-;;/m0../s1. The summed E-state index contributed by atoms with van der Waals surface area (Å²) in [5, 5.41) is 11.9. The first-order valence-corrected chi connectivity index (χ1v) is 15.1. The zero-order valence-electron chi connectivity index (χ0n) is 27.2. The van der Waals surface area contributed by atoms with Gasteiger partial charge in [-0.3, -0.25) is 19.2 Å². The van der Waals surface area contributed by atoms with Crippen LogP contribution in [0.1, 0.15) is 120 Å². The summed E-state index contributed by atoms with van der Waals surface area (Å²) in [4.78, 5) is 45.0. The maximum absolute atomic E-state index is 11.2. The summed E-state index contributed by atoms with van der Waals surface area (Å²) in [6.45, 7) is 19.2. The Morgan fingerprint density at radius 3 is 1.05 bits per heavy atom. The van der Waals surface area contributed by atoms with Crippen LogP contribution in [-0.2, 0) is 38.1 Å². The molecule has 0 bridgehead atoms. The predicted octanol–water partition coefficient (Wildman–Crippen LogP) is 4.21. The van der Waals surface area contributed by atoms with Crippen LogP contribution in [-0.4, -0.2) is 79.1 Å². The number of esters is 4. The Morgan fingerprint density at radius 2 is 0.854 bits per heavy atom. The van der Waals surface area contributed by atoms with E-state index in [0.717, 1.165) is 45.2 Å². The van der Waals surface area contributed by atoms with E-state index in [0.29, 0.717) is 6.54 Å². The molecule has 0 saturated heterocycles. The summed E-state index contributed by atoms with van der Waals surface area (Å²) < 4.78 is 20.1. The number of aliphatic hydroxyl groups is 1. The molecular weight excluding hydrogens is 532 g/mol. The first-order valence-electron chi connectivity index (χ1n) is 15.1. The van der Waals surface area contributed by atoms with Gasteiger partial charge in [-0.15, -0.1) is 0 Å². The number of carbonyl (C=O) groups excluding carboxylic acids is 4. The lowest BCUT2D eigenvalue weighted by Crippen LogP contribution is -2.25. The molecule has 0 amide bonds. The molecule has 5 atom stereocenters. The number of aliphatic hydroxyl groups excluding tert-OH is 1. The Balaban J connectivity index is -0.000000551. The Bertz CT molecular complexity index is 578. The molecule has 0 fully saturated rings. The molecule has 11 heteroatoms. The molecule has 0 heterocycles. The molecule has 11 nitrogen and oxygen atoms in total. The largest absolute Gasteiger partial charge is 0.463 e.